The van der Waals surface area contributed by atoms with E-state index in [1.165, 1.54) is 11.1 Å². The number of halogens is 2. The molecule has 0 atom stereocenters. The Labute approximate surface area is 140 Å². The molecule has 0 spiro atoms. The Morgan fingerprint density at radius 1 is 1.05 bits per heavy atom. The summed E-state index contributed by atoms with van der Waals surface area (Å²) >= 11 is 11.8. The van der Waals surface area contributed by atoms with Gasteiger partial charge in [-0.3, -0.25) is 4.79 Å². The van der Waals surface area contributed by atoms with Gasteiger partial charge in [0.15, 0.2) is 0 Å². The predicted molar refractivity (Wildman–Crippen MR) is 94.1 cm³/mol. The van der Waals surface area contributed by atoms with Gasteiger partial charge >= 0.3 is 0 Å². The van der Waals surface area contributed by atoms with E-state index in [2.05, 4.69) is 10.6 Å². The van der Waals surface area contributed by atoms with Crippen LogP contribution in [0.15, 0.2) is 36.4 Å². The van der Waals surface area contributed by atoms with Crippen LogP contribution < -0.4 is 10.6 Å². The lowest BCUT2D eigenvalue weighted by atomic mass is 10.1. The van der Waals surface area contributed by atoms with Crippen molar-refractivity contribution < 1.29 is 4.79 Å². The van der Waals surface area contributed by atoms with Gasteiger partial charge in [0.1, 0.15) is 0 Å². The van der Waals surface area contributed by atoms with Gasteiger partial charge in [-0.2, -0.15) is 0 Å². The van der Waals surface area contributed by atoms with Gasteiger partial charge in [0.2, 0.25) is 5.91 Å². The van der Waals surface area contributed by atoms with E-state index >= 15 is 0 Å². The fourth-order valence-corrected chi connectivity index (χ4v) is 2.49. The van der Waals surface area contributed by atoms with Crippen molar-refractivity contribution in [3.63, 3.8) is 0 Å². The zero-order valence-corrected chi connectivity index (χ0v) is 14.1. The number of hydrogen-bond donors (Lipinski definition) is 2. The standard InChI is InChI=1S/C17H18Cl2N2O/c1-11-4-3-5-12(2)17(11)20-9-8-16(22)21-13-6-7-14(18)15(19)10-13/h3-7,10,20H,8-9H2,1-2H3,(H,21,22). The van der Waals surface area contributed by atoms with Crippen molar-refractivity contribution >= 4 is 40.5 Å². The van der Waals surface area contributed by atoms with Gasteiger partial charge in [-0.1, -0.05) is 41.4 Å². The Balaban J connectivity index is 1.86. The van der Waals surface area contributed by atoms with E-state index in [1.54, 1.807) is 18.2 Å². The maximum atomic E-state index is 11.9. The first-order valence-electron chi connectivity index (χ1n) is 7.02. The molecule has 0 saturated carbocycles. The van der Waals surface area contributed by atoms with E-state index in [1.807, 2.05) is 32.0 Å². The molecule has 0 bridgehead atoms. The highest BCUT2D eigenvalue weighted by Gasteiger charge is 2.06. The van der Waals surface area contributed by atoms with Gasteiger partial charge in [-0.15, -0.1) is 0 Å². The van der Waals surface area contributed by atoms with Crippen molar-refractivity contribution in [3.05, 3.63) is 57.6 Å². The zero-order valence-electron chi connectivity index (χ0n) is 12.5. The molecular weight excluding hydrogens is 319 g/mol. The van der Waals surface area contributed by atoms with Crippen LogP contribution >= 0.6 is 23.2 Å². The Hall–Kier alpha value is -1.71. The van der Waals surface area contributed by atoms with Gasteiger partial charge in [-0.25, -0.2) is 0 Å². The molecule has 0 saturated heterocycles. The Kier molecular flexibility index (Phi) is 5.69. The fourth-order valence-electron chi connectivity index (χ4n) is 2.19. The number of benzene rings is 2. The van der Waals surface area contributed by atoms with E-state index in [0.29, 0.717) is 28.7 Å². The molecule has 2 aromatic rings. The van der Waals surface area contributed by atoms with Crippen molar-refractivity contribution in [2.45, 2.75) is 20.3 Å². The second kappa shape index (κ2) is 7.52. The summed E-state index contributed by atoms with van der Waals surface area (Å²) in [5.41, 5.74) is 4.08. The summed E-state index contributed by atoms with van der Waals surface area (Å²) in [5, 5.41) is 7.01. The smallest absolute Gasteiger partial charge is 0.226 e. The number of anilines is 2. The topological polar surface area (TPSA) is 41.1 Å². The molecule has 0 aliphatic carbocycles. The average molecular weight is 337 g/mol. The highest BCUT2D eigenvalue weighted by atomic mass is 35.5. The van der Waals surface area contributed by atoms with E-state index < -0.39 is 0 Å². The minimum Gasteiger partial charge on any atom is -0.384 e. The first-order valence-corrected chi connectivity index (χ1v) is 7.78. The van der Waals surface area contributed by atoms with E-state index in [-0.39, 0.29) is 5.91 Å². The van der Waals surface area contributed by atoms with Crippen molar-refractivity contribution in [2.75, 3.05) is 17.2 Å². The van der Waals surface area contributed by atoms with Crippen molar-refractivity contribution in [2.24, 2.45) is 0 Å². The van der Waals surface area contributed by atoms with Gasteiger partial charge in [0.05, 0.1) is 10.0 Å². The SMILES string of the molecule is Cc1cccc(C)c1NCCC(=O)Nc1ccc(Cl)c(Cl)c1. The van der Waals surface area contributed by atoms with Gasteiger partial charge in [0.25, 0.3) is 0 Å². The minimum atomic E-state index is -0.0721. The van der Waals surface area contributed by atoms with E-state index in [9.17, 15) is 4.79 Å². The van der Waals surface area contributed by atoms with Crippen LogP contribution in [0.5, 0.6) is 0 Å². The zero-order chi connectivity index (χ0) is 16.1. The van der Waals surface area contributed by atoms with Crippen LogP contribution in [-0.4, -0.2) is 12.5 Å². The summed E-state index contributed by atoms with van der Waals surface area (Å²) in [7, 11) is 0. The van der Waals surface area contributed by atoms with Crippen LogP contribution in [0.2, 0.25) is 10.0 Å². The molecule has 3 nitrogen and oxygen atoms in total. The molecule has 22 heavy (non-hydrogen) atoms. The Bertz CT molecular complexity index is 666. The van der Waals surface area contributed by atoms with Crippen LogP contribution in [0.25, 0.3) is 0 Å². The number of hydrogen-bond acceptors (Lipinski definition) is 2. The van der Waals surface area contributed by atoms with Crippen LogP contribution in [0.3, 0.4) is 0 Å². The maximum absolute atomic E-state index is 11.9. The summed E-state index contributed by atoms with van der Waals surface area (Å²) in [4.78, 5) is 11.9. The second-order valence-corrected chi connectivity index (χ2v) is 5.94. The number of carbonyl (C=O) groups excluding carboxylic acids is 1. The highest BCUT2D eigenvalue weighted by Crippen LogP contribution is 2.25. The molecule has 0 fully saturated rings. The quantitative estimate of drug-likeness (QED) is 0.801. The third-order valence-electron chi connectivity index (χ3n) is 3.34. The third-order valence-corrected chi connectivity index (χ3v) is 4.08. The van der Waals surface area contributed by atoms with Crippen molar-refractivity contribution in [1.82, 2.24) is 0 Å². The Morgan fingerprint density at radius 3 is 2.36 bits per heavy atom. The van der Waals surface area contributed by atoms with Gasteiger partial charge < -0.3 is 10.6 Å². The number of amides is 1. The van der Waals surface area contributed by atoms with Crippen LogP contribution in [0, 0.1) is 13.8 Å². The summed E-state index contributed by atoms with van der Waals surface area (Å²) in [6.45, 7) is 4.66. The number of para-hydroxylation sites is 1. The molecule has 0 radical (unpaired) electrons. The monoisotopic (exact) mass is 336 g/mol. The molecule has 5 heteroatoms. The molecule has 0 unspecified atom stereocenters. The highest BCUT2D eigenvalue weighted by molar-refractivity contribution is 6.42. The van der Waals surface area contributed by atoms with E-state index in [0.717, 1.165) is 5.69 Å². The largest absolute Gasteiger partial charge is 0.384 e. The maximum Gasteiger partial charge on any atom is 0.226 e. The molecule has 0 aliphatic rings. The van der Waals surface area contributed by atoms with Crippen LogP contribution in [-0.2, 0) is 4.79 Å². The predicted octanol–water partition coefficient (Wildman–Crippen LogP) is 5.05. The lowest BCUT2D eigenvalue weighted by Gasteiger charge is -2.12. The summed E-state index contributed by atoms with van der Waals surface area (Å²) in [6.07, 6.45) is 0.369. The molecule has 2 aromatic carbocycles. The second-order valence-electron chi connectivity index (χ2n) is 5.12. The molecule has 0 aliphatic heterocycles. The van der Waals surface area contributed by atoms with Gasteiger partial charge in [0, 0.05) is 24.3 Å². The van der Waals surface area contributed by atoms with Gasteiger partial charge in [-0.05, 0) is 43.2 Å². The molecule has 2 rings (SSSR count). The summed E-state index contributed by atoms with van der Waals surface area (Å²) in [6, 6.07) is 11.1. The van der Waals surface area contributed by atoms with Crippen molar-refractivity contribution in [1.29, 1.82) is 0 Å². The molecule has 0 aromatic heterocycles. The lowest BCUT2D eigenvalue weighted by Crippen LogP contribution is -2.16. The molecular formula is C17H18Cl2N2O. The third kappa shape index (κ3) is 4.39. The number of rotatable bonds is 5. The first-order chi connectivity index (χ1) is 10.5. The Morgan fingerprint density at radius 2 is 1.73 bits per heavy atom. The van der Waals surface area contributed by atoms with Crippen LogP contribution in [0.4, 0.5) is 11.4 Å². The average Bonchev–Trinajstić information content (AvgIpc) is 2.46. The van der Waals surface area contributed by atoms with Crippen molar-refractivity contribution in [3.8, 4) is 0 Å². The molecule has 0 heterocycles. The lowest BCUT2D eigenvalue weighted by molar-refractivity contribution is -0.115. The molecule has 2 N–H and O–H groups in total. The van der Waals surface area contributed by atoms with E-state index in [4.69, 9.17) is 23.2 Å². The number of aryl methyl sites for hydroxylation is 2. The number of nitrogens with one attached hydrogen (secondary N) is 2. The molecule has 116 valence electrons. The molecule has 1 amide bonds. The first kappa shape index (κ1) is 16.7. The summed E-state index contributed by atoms with van der Waals surface area (Å²) in [5.74, 6) is -0.0721. The normalized spacial score (nSPS) is 10.4. The minimum absolute atomic E-state index is 0.0721. The summed E-state index contributed by atoms with van der Waals surface area (Å²) < 4.78 is 0. The van der Waals surface area contributed by atoms with Crippen LogP contribution in [0.1, 0.15) is 17.5 Å². The fraction of sp³-hybridized carbons (Fsp3) is 0.235. The number of carbonyl (C=O) groups is 1.